The van der Waals surface area contributed by atoms with Crippen molar-refractivity contribution < 1.29 is 9.53 Å². The first kappa shape index (κ1) is 25.2. The quantitative estimate of drug-likeness (QED) is 0.444. The van der Waals surface area contributed by atoms with Crippen molar-refractivity contribution in [1.29, 1.82) is 0 Å². The summed E-state index contributed by atoms with van der Waals surface area (Å²) in [6.45, 7) is 11.9. The second-order valence-corrected chi connectivity index (χ2v) is 11.0. The summed E-state index contributed by atoms with van der Waals surface area (Å²) in [6.07, 6.45) is 3.68. The van der Waals surface area contributed by atoms with E-state index in [9.17, 15) is 4.79 Å². The fraction of sp³-hybridized carbons (Fsp3) is 0.519. The maximum atomic E-state index is 12.8. The molecule has 0 atom stereocenters. The van der Waals surface area contributed by atoms with Crippen LogP contribution >= 0.6 is 23.2 Å². The number of hydrogen-bond donors (Lipinski definition) is 0. The molecule has 0 unspecified atom stereocenters. The minimum atomic E-state index is -0.00455. The predicted octanol–water partition coefficient (Wildman–Crippen LogP) is 5.85. The number of anilines is 1. The third-order valence-electron chi connectivity index (χ3n) is 6.80. The third kappa shape index (κ3) is 6.59. The first-order valence-electron chi connectivity index (χ1n) is 12.3. The summed E-state index contributed by atoms with van der Waals surface area (Å²) in [6, 6.07) is 13.4. The molecule has 2 saturated heterocycles. The molecule has 0 spiro atoms. The number of piperazine rings is 1. The van der Waals surface area contributed by atoms with Crippen LogP contribution in [0.2, 0.25) is 10.0 Å². The lowest BCUT2D eigenvalue weighted by Gasteiger charge is -2.38. The zero-order chi connectivity index (χ0) is 24.1. The number of ether oxygens (including phenoxy) is 1. The van der Waals surface area contributed by atoms with Gasteiger partial charge in [0.25, 0.3) is 5.91 Å². The Kier molecular flexibility index (Phi) is 8.28. The molecule has 0 aromatic heterocycles. The van der Waals surface area contributed by atoms with Crippen LogP contribution < -0.4 is 9.64 Å². The normalized spacial score (nSPS) is 18.7. The molecule has 2 heterocycles. The van der Waals surface area contributed by atoms with Gasteiger partial charge in [0.2, 0.25) is 0 Å². The van der Waals surface area contributed by atoms with Gasteiger partial charge in [-0.25, -0.2) is 0 Å². The Morgan fingerprint density at radius 3 is 2.38 bits per heavy atom. The zero-order valence-electron chi connectivity index (χ0n) is 20.2. The molecule has 4 rings (SSSR count). The van der Waals surface area contributed by atoms with Gasteiger partial charge in [-0.1, -0.05) is 37.0 Å². The molecule has 0 bridgehead atoms. The minimum Gasteiger partial charge on any atom is -0.494 e. The van der Waals surface area contributed by atoms with Gasteiger partial charge in [-0.05, 0) is 73.7 Å². The molecule has 2 aliphatic rings. The van der Waals surface area contributed by atoms with Crippen LogP contribution in [0.4, 0.5) is 5.69 Å². The molecule has 0 saturated carbocycles. The average Bonchev–Trinajstić information content (AvgIpc) is 2.83. The van der Waals surface area contributed by atoms with Gasteiger partial charge in [-0.2, -0.15) is 0 Å². The summed E-state index contributed by atoms with van der Waals surface area (Å²) >= 11 is 12.0. The van der Waals surface area contributed by atoms with E-state index >= 15 is 0 Å². The monoisotopic (exact) mass is 503 g/mol. The molecule has 0 aliphatic carbocycles. The predicted molar refractivity (Wildman–Crippen MR) is 141 cm³/mol. The Labute approximate surface area is 213 Å². The lowest BCUT2D eigenvalue weighted by atomic mass is 9.84. The molecular weight excluding hydrogens is 469 g/mol. The zero-order valence-corrected chi connectivity index (χ0v) is 21.7. The van der Waals surface area contributed by atoms with Gasteiger partial charge >= 0.3 is 0 Å². The topological polar surface area (TPSA) is 36.0 Å². The number of benzene rings is 2. The van der Waals surface area contributed by atoms with Gasteiger partial charge in [0, 0.05) is 50.5 Å². The standard InChI is InChI=1S/C27H35Cl2N3O2/c1-27(2)11-3-12-30(20-27)13-4-18-34-23-8-6-22(7-9-23)31-14-16-32(17-15-31)26(33)21-5-10-24(28)25(29)19-21/h5-10,19H,3-4,11-18,20H2,1-2H3. The second kappa shape index (κ2) is 11.2. The molecule has 2 aromatic rings. The molecule has 5 nitrogen and oxygen atoms in total. The Balaban J connectivity index is 1.20. The maximum Gasteiger partial charge on any atom is 0.254 e. The van der Waals surface area contributed by atoms with Gasteiger partial charge in [-0.15, -0.1) is 0 Å². The van der Waals surface area contributed by atoms with Crippen molar-refractivity contribution in [1.82, 2.24) is 9.80 Å². The van der Waals surface area contributed by atoms with E-state index in [0.717, 1.165) is 44.1 Å². The van der Waals surface area contributed by atoms with E-state index in [4.69, 9.17) is 27.9 Å². The summed E-state index contributed by atoms with van der Waals surface area (Å²) in [7, 11) is 0. The van der Waals surface area contributed by atoms with Crippen LogP contribution in [-0.2, 0) is 0 Å². The highest BCUT2D eigenvalue weighted by atomic mass is 35.5. The van der Waals surface area contributed by atoms with Crippen LogP contribution in [0, 0.1) is 5.41 Å². The largest absolute Gasteiger partial charge is 0.494 e. The van der Waals surface area contributed by atoms with Crippen LogP contribution in [0.25, 0.3) is 0 Å². The Hall–Kier alpha value is -1.95. The Bertz CT molecular complexity index is 972. The van der Waals surface area contributed by atoms with Gasteiger partial charge in [0.1, 0.15) is 5.75 Å². The number of amides is 1. The van der Waals surface area contributed by atoms with Crippen molar-refractivity contribution in [3.8, 4) is 5.75 Å². The van der Waals surface area contributed by atoms with Crippen molar-refractivity contribution in [2.75, 3.05) is 57.3 Å². The maximum absolute atomic E-state index is 12.8. The molecule has 2 fully saturated rings. The fourth-order valence-electron chi connectivity index (χ4n) is 4.95. The number of rotatable bonds is 7. The number of carbonyl (C=O) groups excluding carboxylic acids is 1. The molecule has 7 heteroatoms. The highest BCUT2D eigenvalue weighted by Gasteiger charge is 2.26. The van der Waals surface area contributed by atoms with Gasteiger partial charge < -0.3 is 19.4 Å². The lowest BCUT2D eigenvalue weighted by Crippen LogP contribution is -2.48. The van der Waals surface area contributed by atoms with Crippen LogP contribution in [0.5, 0.6) is 5.75 Å². The van der Waals surface area contributed by atoms with Gasteiger partial charge in [-0.3, -0.25) is 4.79 Å². The van der Waals surface area contributed by atoms with Crippen molar-refractivity contribution in [3.63, 3.8) is 0 Å². The molecule has 0 radical (unpaired) electrons. The van der Waals surface area contributed by atoms with Crippen LogP contribution in [0.1, 0.15) is 43.5 Å². The number of carbonyl (C=O) groups is 1. The fourth-order valence-corrected chi connectivity index (χ4v) is 5.24. The smallest absolute Gasteiger partial charge is 0.254 e. The van der Waals surface area contributed by atoms with Crippen molar-refractivity contribution >= 4 is 34.8 Å². The van der Waals surface area contributed by atoms with E-state index in [1.54, 1.807) is 18.2 Å². The molecule has 34 heavy (non-hydrogen) atoms. The second-order valence-electron chi connectivity index (χ2n) is 10.1. The Morgan fingerprint density at radius 2 is 1.71 bits per heavy atom. The molecule has 2 aromatic carbocycles. The van der Waals surface area contributed by atoms with E-state index in [1.165, 1.54) is 25.9 Å². The van der Waals surface area contributed by atoms with Gasteiger partial charge in [0.15, 0.2) is 0 Å². The van der Waals surface area contributed by atoms with Crippen LogP contribution in [0.3, 0.4) is 0 Å². The number of piperidine rings is 1. The van der Waals surface area contributed by atoms with Crippen molar-refractivity contribution in [3.05, 3.63) is 58.1 Å². The highest BCUT2D eigenvalue weighted by molar-refractivity contribution is 6.42. The van der Waals surface area contributed by atoms with E-state index in [1.807, 2.05) is 17.0 Å². The summed E-state index contributed by atoms with van der Waals surface area (Å²) in [5.41, 5.74) is 2.18. The SMILES string of the molecule is CC1(C)CCCN(CCCOc2ccc(N3CCN(C(=O)c4ccc(Cl)c(Cl)c4)CC3)cc2)C1. The van der Waals surface area contributed by atoms with E-state index in [2.05, 4.69) is 35.8 Å². The lowest BCUT2D eigenvalue weighted by molar-refractivity contribution is 0.0747. The number of hydrogen-bond acceptors (Lipinski definition) is 4. The van der Waals surface area contributed by atoms with Crippen molar-refractivity contribution in [2.45, 2.75) is 33.1 Å². The van der Waals surface area contributed by atoms with Gasteiger partial charge in [0.05, 0.1) is 16.7 Å². The number of halogens is 2. The first-order chi connectivity index (χ1) is 16.3. The summed E-state index contributed by atoms with van der Waals surface area (Å²) in [5, 5.41) is 0.866. The molecule has 0 N–H and O–H groups in total. The van der Waals surface area contributed by atoms with Crippen molar-refractivity contribution in [2.24, 2.45) is 5.41 Å². The molecule has 1 amide bonds. The molecular formula is C27H35Cl2N3O2. The molecule has 184 valence electrons. The first-order valence-corrected chi connectivity index (χ1v) is 13.0. The highest BCUT2D eigenvalue weighted by Crippen LogP contribution is 2.28. The van der Waals surface area contributed by atoms with Crippen LogP contribution in [-0.4, -0.2) is 68.1 Å². The Morgan fingerprint density at radius 1 is 0.971 bits per heavy atom. The summed E-state index contributed by atoms with van der Waals surface area (Å²) in [4.78, 5) is 19.5. The minimum absolute atomic E-state index is 0.00455. The summed E-state index contributed by atoms with van der Waals surface area (Å²) < 4.78 is 5.99. The number of likely N-dealkylation sites (tertiary alicyclic amines) is 1. The number of nitrogens with zero attached hydrogens (tertiary/aromatic N) is 3. The van der Waals surface area contributed by atoms with E-state index in [-0.39, 0.29) is 5.91 Å². The van der Waals surface area contributed by atoms with E-state index < -0.39 is 0 Å². The average molecular weight is 505 g/mol. The summed E-state index contributed by atoms with van der Waals surface area (Å²) in [5.74, 6) is 0.909. The molecule has 2 aliphatic heterocycles. The van der Waals surface area contributed by atoms with E-state index in [0.29, 0.717) is 34.1 Å². The van der Waals surface area contributed by atoms with Crippen LogP contribution in [0.15, 0.2) is 42.5 Å². The third-order valence-corrected chi connectivity index (χ3v) is 7.54.